The van der Waals surface area contributed by atoms with E-state index < -0.39 is 0 Å². The number of rotatable bonds is 4. The van der Waals surface area contributed by atoms with Crippen LogP contribution in [0.5, 0.6) is 0 Å². The van der Waals surface area contributed by atoms with E-state index in [9.17, 15) is 4.79 Å². The molecule has 1 aliphatic heterocycles. The van der Waals surface area contributed by atoms with Gasteiger partial charge in [0.25, 0.3) is 11.8 Å². The fraction of sp³-hybridized carbons (Fsp3) is 0.375. The van der Waals surface area contributed by atoms with Crippen LogP contribution in [0.15, 0.2) is 53.1 Å². The van der Waals surface area contributed by atoms with E-state index in [-0.39, 0.29) is 11.3 Å². The lowest BCUT2D eigenvalue weighted by Gasteiger charge is -2.34. The topological polar surface area (TPSA) is 74.5 Å². The molecule has 1 N–H and O–H groups in total. The number of benzene rings is 2. The maximum atomic E-state index is 13.0. The second-order valence-corrected chi connectivity index (χ2v) is 9.01. The normalized spacial score (nSPS) is 15.2. The Balaban J connectivity index is 1.50. The molecule has 2 heterocycles. The first-order valence-electron chi connectivity index (χ1n) is 10.6. The van der Waals surface area contributed by atoms with Crippen LogP contribution < -0.4 is 10.2 Å². The minimum atomic E-state index is -0.232. The quantitative estimate of drug-likeness (QED) is 0.688. The number of carbonyl (C=O) groups is 1. The number of amides is 1. The lowest BCUT2D eigenvalue weighted by Crippen LogP contribution is -2.44. The monoisotopic (exact) mass is 419 g/mol. The zero-order valence-corrected chi connectivity index (χ0v) is 18.6. The molecule has 3 aromatic rings. The van der Waals surface area contributed by atoms with Gasteiger partial charge in [-0.05, 0) is 43.4 Å². The highest BCUT2D eigenvalue weighted by atomic mass is 16.5. The molecule has 2 aromatic carbocycles. The number of hydrogen-bond acceptors (Lipinski definition) is 6. The van der Waals surface area contributed by atoms with Crippen molar-refractivity contribution in [3.8, 4) is 11.5 Å². The Morgan fingerprint density at radius 2 is 1.68 bits per heavy atom. The molecule has 1 aromatic heterocycles. The molecule has 7 heteroatoms. The molecule has 31 heavy (non-hydrogen) atoms. The van der Waals surface area contributed by atoms with Gasteiger partial charge in [-0.15, -0.1) is 0 Å². The SMILES string of the molecule is CN1CCN(c2ccc(NC(=O)c3ccccc3-c3nc(C(C)(C)C)no3)cc2)CC1. The van der Waals surface area contributed by atoms with Crippen LogP contribution in [0.3, 0.4) is 0 Å². The van der Waals surface area contributed by atoms with Gasteiger partial charge in [-0.1, -0.05) is 38.1 Å². The Labute approximate surface area is 183 Å². The standard InChI is InChI=1S/C24H29N5O2/c1-24(2,3)23-26-22(31-27-23)20-8-6-5-7-19(20)21(30)25-17-9-11-18(12-10-17)29-15-13-28(4)14-16-29/h5-12H,13-16H2,1-4H3,(H,25,30). The lowest BCUT2D eigenvalue weighted by molar-refractivity contribution is 0.102. The average molecular weight is 420 g/mol. The van der Waals surface area contributed by atoms with Crippen LogP contribution in [0.25, 0.3) is 11.5 Å². The van der Waals surface area contributed by atoms with E-state index in [1.54, 1.807) is 6.07 Å². The van der Waals surface area contributed by atoms with Gasteiger partial charge in [0, 0.05) is 43.0 Å². The van der Waals surface area contributed by atoms with Crippen molar-refractivity contribution >= 4 is 17.3 Å². The van der Waals surface area contributed by atoms with Crippen molar-refractivity contribution in [2.24, 2.45) is 0 Å². The summed E-state index contributed by atoms with van der Waals surface area (Å²) in [5.74, 6) is 0.747. The largest absolute Gasteiger partial charge is 0.369 e. The molecule has 1 aliphatic rings. The van der Waals surface area contributed by atoms with E-state index in [0.29, 0.717) is 22.8 Å². The Morgan fingerprint density at radius 3 is 2.32 bits per heavy atom. The first-order valence-corrected chi connectivity index (χ1v) is 10.6. The zero-order valence-electron chi connectivity index (χ0n) is 18.6. The predicted octanol–water partition coefficient (Wildman–Crippen LogP) is 4.04. The molecule has 1 fully saturated rings. The van der Waals surface area contributed by atoms with Crippen LogP contribution in [0, 0.1) is 0 Å². The van der Waals surface area contributed by atoms with Crippen LogP contribution in [-0.4, -0.2) is 54.2 Å². The minimum Gasteiger partial charge on any atom is -0.369 e. The number of anilines is 2. The Morgan fingerprint density at radius 1 is 1.00 bits per heavy atom. The van der Waals surface area contributed by atoms with Crippen LogP contribution >= 0.6 is 0 Å². The van der Waals surface area contributed by atoms with Crippen molar-refractivity contribution in [3.05, 3.63) is 59.9 Å². The third-order valence-electron chi connectivity index (χ3n) is 5.49. The lowest BCUT2D eigenvalue weighted by atomic mass is 9.96. The number of nitrogens with zero attached hydrogens (tertiary/aromatic N) is 4. The average Bonchev–Trinajstić information content (AvgIpc) is 3.26. The number of aromatic nitrogens is 2. The van der Waals surface area contributed by atoms with Crippen molar-refractivity contribution in [2.45, 2.75) is 26.2 Å². The second kappa shape index (κ2) is 8.51. The van der Waals surface area contributed by atoms with Crippen molar-refractivity contribution in [1.82, 2.24) is 15.0 Å². The van der Waals surface area contributed by atoms with Crippen molar-refractivity contribution < 1.29 is 9.32 Å². The molecule has 0 radical (unpaired) electrons. The van der Waals surface area contributed by atoms with Gasteiger partial charge in [0.2, 0.25) is 0 Å². The van der Waals surface area contributed by atoms with Crippen LogP contribution in [0.4, 0.5) is 11.4 Å². The molecule has 0 bridgehead atoms. The van der Waals surface area contributed by atoms with Gasteiger partial charge in [-0.25, -0.2) is 0 Å². The summed E-state index contributed by atoms with van der Waals surface area (Å²) in [6, 6.07) is 15.3. The maximum absolute atomic E-state index is 13.0. The molecule has 0 unspecified atom stereocenters. The Kier molecular flexibility index (Phi) is 5.78. The summed E-state index contributed by atoms with van der Waals surface area (Å²) < 4.78 is 5.46. The van der Waals surface area contributed by atoms with Gasteiger partial charge < -0.3 is 19.6 Å². The van der Waals surface area contributed by atoms with E-state index in [2.05, 4.69) is 44.4 Å². The third kappa shape index (κ3) is 4.77. The smallest absolute Gasteiger partial charge is 0.258 e. The Hall–Kier alpha value is -3.19. The summed E-state index contributed by atoms with van der Waals surface area (Å²) in [5, 5.41) is 7.07. The number of likely N-dealkylation sites (N-methyl/N-ethyl adjacent to an activating group) is 1. The summed E-state index contributed by atoms with van der Waals surface area (Å²) in [6.45, 7) is 10.2. The van der Waals surface area contributed by atoms with Gasteiger partial charge in [-0.3, -0.25) is 4.79 Å². The number of nitrogens with one attached hydrogen (secondary N) is 1. The van der Waals surface area contributed by atoms with E-state index in [4.69, 9.17) is 4.52 Å². The summed E-state index contributed by atoms with van der Waals surface area (Å²) in [6.07, 6.45) is 0. The summed E-state index contributed by atoms with van der Waals surface area (Å²) in [7, 11) is 2.14. The van der Waals surface area contributed by atoms with E-state index in [1.807, 2.05) is 51.1 Å². The molecule has 1 amide bonds. The van der Waals surface area contributed by atoms with Gasteiger partial charge in [0.05, 0.1) is 11.1 Å². The molecule has 1 saturated heterocycles. The van der Waals surface area contributed by atoms with Gasteiger partial charge in [0.1, 0.15) is 0 Å². The fourth-order valence-corrected chi connectivity index (χ4v) is 3.52. The van der Waals surface area contributed by atoms with Crippen molar-refractivity contribution in [2.75, 3.05) is 43.4 Å². The summed E-state index contributed by atoms with van der Waals surface area (Å²) in [5.41, 5.74) is 2.81. The zero-order chi connectivity index (χ0) is 22.0. The van der Waals surface area contributed by atoms with E-state index in [0.717, 1.165) is 31.9 Å². The highest BCUT2D eigenvalue weighted by molar-refractivity contribution is 6.08. The van der Waals surface area contributed by atoms with Crippen molar-refractivity contribution in [1.29, 1.82) is 0 Å². The molecular formula is C24H29N5O2. The summed E-state index contributed by atoms with van der Waals surface area (Å²) >= 11 is 0. The molecular weight excluding hydrogens is 390 g/mol. The fourth-order valence-electron chi connectivity index (χ4n) is 3.52. The molecule has 7 nitrogen and oxygen atoms in total. The molecule has 0 saturated carbocycles. The predicted molar refractivity (Wildman–Crippen MR) is 123 cm³/mol. The van der Waals surface area contributed by atoms with E-state index >= 15 is 0 Å². The number of carbonyl (C=O) groups excluding carboxylic acids is 1. The highest BCUT2D eigenvalue weighted by Crippen LogP contribution is 2.27. The molecule has 0 aliphatic carbocycles. The first-order chi connectivity index (χ1) is 14.8. The highest BCUT2D eigenvalue weighted by Gasteiger charge is 2.23. The van der Waals surface area contributed by atoms with Gasteiger partial charge >= 0.3 is 0 Å². The van der Waals surface area contributed by atoms with Gasteiger partial charge in [0.15, 0.2) is 5.82 Å². The first kappa shape index (κ1) is 21.1. The maximum Gasteiger partial charge on any atom is 0.258 e. The van der Waals surface area contributed by atoms with Crippen LogP contribution in [0.2, 0.25) is 0 Å². The summed E-state index contributed by atoms with van der Waals surface area (Å²) in [4.78, 5) is 22.2. The number of piperazine rings is 1. The molecule has 0 spiro atoms. The molecule has 162 valence electrons. The van der Waals surface area contributed by atoms with Gasteiger partial charge in [-0.2, -0.15) is 4.98 Å². The third-order valence-corrected chi connectivity index (χ3v) is 5.49. The van der Waals surface area contributed by atoms with Crippen LogP contribution in [0.1, 0.15) is 37.0 Å². The molecule has 4 rings (SSSR count). The van der Waals surface area contributed by atoms with E-state index in [1.165, 1.54) is 5.69 Å². The number of hydrogen-bond donors (Lipinski definition) is 1. The minimum absolute atomic E-state index is 0.210. The molecule has 0 atom stereocenters. The van der Waals surface area contributed by atoms with Crippen molar-refractivity contribution in [3.63, 3.8) is 0 Å². The van der Waals surface area contributed by atoms with Crippen LogP contribution in [-0.2, 0) is 5.41 Å². The Bertz CT molecular complexity index is 1040. The second-order valence-electron chi connectivity index (χ2n) is 9.01.